The van der Waals surface area contributed by atoms with Gasteiger partial charge in [-0.05, 0) is 31.9 Å². The van der Waals surface area contributed by atoms with Gasteiger partial charge in [0.25, 0.3) is 5.91 Å². The molecule has 6 nitrogen and oxygen atoms in total. The largest absolute Gasteiger partial charge is 0.479 e. The highest BCUT2D eigenvalue weighted by molar-refractivity contribution is 6.00. The highest BCUT2D eigenvalue weighted by Gasteiger charge is 2.31. The van der Waals surface area contributed by atoms with Crippen molar-refractivity contribution in [2.75, 3.05) is 31.6 Å². The van der Waals surface area contributed by atoms with Crippen LogP contribution >= 0.6 is 0 Å². The molecule has 0 bridgehead atoms. The van der Waals surface area contributed by atoms with Gasteiger partial charge in [-0.2, -0.15) is 0 Å². The van der Waals surface area contributed by atoms with E-state index in [4.69, 9.17) is 9.47 Å². The Hall–Kier alpha value is -2.08. The van der Waals surface area contributed by atoms with Gasteiger partial charge in [0, 0.05) is 33.2 Å². The minimum Gasteiger partial charge on any atom is -0.479 e. The van der Waals surface area contributed by atoms with E-state index in [2.05, 4.69) is 0 Å². The Morgan fingerprint density at radius 2 is 2.17 bits per heavy atom. The molecule has 1 aromatic carbocycles. The molecule has 0 spiro atoms. The summed E-state index contributed by atoms with van der Waals surface area (Å²) in [5.41, 5.74) is 0.732. The van der Waals surface area contributed by atoms with Gasteiger partial charge in [-0.25, -0.2) is 0 Å². The van der Waals surface area contributed by atoms with Crippen LogP contribution in [0.25, 0.3) is 0 Å². The van der Waals surface area contributed by atoms with Crippen LogP contribution in [-0.4, -0.2) is 55.7 Å². The van der Waals surface area contributed by atoms with Crippen LogP contribution in [0.3, 0.4) is 0 Å². The maximum atomic E-state index is 12.4. The number of anilines is 1. The first kappa shape index (κ1) is 16.8. The van der Waals surface area contributed by atoms with Crippen LogP contribution in [0.5, 0.6) is 5.75 Å². The van der Waals surface area contributed by atoms with Crippen molar-refractivity contribution in [1.82, 2.24) is 4.90 Å². The SMILES string of the molecule is C[C@@H]1Oc2ccccc2N(CCC(=O)N(C)C[C@@H]2CCCO2)C1=O. The average molecular weight is 332 g/mol. The van der Waals surface area contributed by atoms with Crippen LogP contribution < -0.4 is 9.64 Å². The molecule has 0 radical (unpaired) electrons. The lowest BCUT2D eigenvalue weighted by Gasteiger charge is -2.33. The van der Waals surface area contributed by atoms with Gasteiger partial charge in [0.1, 0.15) is 5.75 Å². The molecule has 1 fully saturated rings. The van der Waals surface area contributed by atoms with Gasteiger partial charge < -0.3 is 19.3 Å². The standard InChI is InChI=1S/C18H24N2O4/c1-13-18(22)20(15-7-3-4-8-16(15)24-13)10-9-17(21)19(2)12-14-6-5-11-23-14/h3-4,7-8,13-14H,5-6,9-12H2,1-2H3/t13-,14-/m0/s1. The molecule has 0 unspecified atom stereocenters. The molecule has 0 N–H and O–H groups in total. The summed E-state index contributed by atoms with van der Waals surface area (Å²) >= 11 is 0. The van der Waals surface area contributed by atoms with Crippen molar-refractivity contribution in [3.05, 3.63) is 24.3 Å². The van der Waals surface area contributed by atoms with Crippen molar-refractivity contribution in [2.24, 2.45) is 0 Å². The molecule has 2 atom stereocenters. The normalized spacial score (nSPS) is 22.9. The number of fused-ring (bicyclic) bond motifs is 1. The predicted molar refractivity (Wildman–Crippen MR) is 90.1 cm³/mol. The fraction of sp³-hybridized carbons (Fsp3) is 0.556. The lowest BCUT2D eigenvalue weighted by molar-refractivity contribution is -0.131. The third kappa shape index (κ3) is 3.53. The average Bonchev–Trinajstić information content (AvgIpc) is 3.08. The maximum Gasteiger partial charge on any atom is 0.267 e. The predicted octanol–water partition coefficient (Wildman–Crippen LogP) is 1.83. The number of likely N-dealkylation sites (N-methyl/N-ethyl adjacent to an activating group) is 1. The van der Waals surface area contributed by atoms with E-state index in [1.165, 1.54) is 0 Å². The molecular weight excluding hydrogens is 308 g/mol. The molecule has 3 rings (SSSR count). The van der Waals surface area contributed by atoms with E-state index in [1.54, 1.807) is 23.8 Å². The Morgan fingerprint density at radius 3 is 2.92 bits per heavy atom. The molecule has 24 heavy (non-hydrogen) atoms. The summed E-state index contributed by atoms with van der Waals surface area (Å²) in [6.07, 6.45) is 1.97. The van der Waals surface area contributed by atoms with E-state index in [9.17, 15) is 9.59 Å². The van der Waals surface area contributed by atoms with Crippen molar-refractivity contribution < 1.29 is 19.1 Å². The number of amides is 2. The van der Waals surface area contributed by atoms with Gasteiger partial charge in [0.15, 0.2) is 6.10 Å². The number of carbonyl (C=O) groups is 2. The zero-order valence-electron chi connectivity index (χ0n) is 14.2. The number of nitrogens with zero attached hydrogens (tertiary/aromatic N) is 2. The molecule has 0 aliphatic carbocycles. The number of hydrogen-bond donors (Lipinski definition) is 0. The van der Waals surface area contributed by atoms with Gasteiger partial charge >= 0.3 is 0 Å². The third-order valence-corrected chi connectivity index (χ3v) is 4.55. The molecule has 6 heteroatoms. The molecular formula is C18H24N2O4. The summed E-state index contributed by atoms with van der Waals surface area (Å²) in [7, 11) is 1.79. The first-order valence-electron chi connectivity index (χ1n) is 8.49. The fourth-order valence-electron chi connectivity index (χ4n) is 3.18. The van der Waals surface area contributed by atoms with Gasteiger partial charge in [0.05, 0.1) is 11.8 Å². The van der Waals surface area contributed by atoms with E-state index >= 15 is 0 Å². The Balaban J connectivity index is 1.60. The van der Waals surface area contributed by atoms with Crippen LogP contribution in [0.4, 0.5) is 5.69 Å². The minimum atomic E-state index is -0.528. The van der Waals surface area contributed by atoms with Crippen LogP contribution in [0.1, 0.15) is 26.2 Å². The van der Waals surface area contributed by atoms with E-state index in [1.807, 2.05) is 24.3 Å². The van der Waals surface area contributed by atoms with Gasteiger partial charge in [-0.15, -0.1) is 0 Å². The first-order valence-corrected chi connectivity index (χ1v) is 8.49. The monoisotopic (exact) mass is 332 g/mol. The van der Waals surface area contributed by atoms with Crippen molar-refractivity contribution in [2.45, 2.75) is 38.4 Å². The molecule has 1 aromatic rings. The molecule has 130 valence electrons. The second-order valence-electron chi connectivity index (χ2n) is 6.38. The summed E-state index contributed by atoms with van der Waals surface area (Å²) in [4.78, 5) is 28.1. The number of para-hydroxylation sites is 2. The summed E-state index contributed by atoms with van der Waals surface area (Å²) in [5, 5.41) is 0. The number of ether oxygens (including phenoxy) is 2. The van der Waals surface area contributed by atoms with Gasteiger partial charge in [0.2, 0.25) is 5.91 Å². The molecule has 2 aliphatic heterocycles. The highest BCUT2D eigenvalue weighted by Crippen LogP contribution is 2.33. The molecule has 0 aromatic heterocycles. The second-order valence-corrected chi connectivity index (χ2v) is 6.38. The van der Waals surface area contributed by atoms with Gasteiger partial charge in [-0.1, -0.05) is 12.1 Å². The highest BCUT2D eigenvalue weighted by atomic mass is 16.5. The van der Waals surface area contributed by atoms with Crippen molar-refractivity contribution in [3.8, 4) is 5.75 Å². The van der Waals surface area contributed by atoms with Crippen LogP contribution in [0.15, 0.2) is 24.3 Å². The molecule has 2 amide bonds. The smallest absolute Gasteiger partial charge is 0.267 e. The Kier molecular flexibility index (Phi) is 5.04. The fourth-order valence-corrected chi connectivity index (χ4v) is 3.18. The van der Waals surface area contributed by atoms with E-state index in [-0.39, 0.29) is 24.3 Å². The van der Waals surface area contributed by atoms with Crippen molar-refractivity contribution >= 4 is 17.5 Å². The zero-order chi connectivity index (χ0) is 17.1. The van der Waals surface area contributed by atoms with E-state index < -0.39 is 6.10 Å². The summed E-state index contributed by atoms with van der Waals surface area (Å²) in [6, 6.07) is 7.43. The Bertz CT molecular complexity index is 613. The second kappa shape index (κ2) is 7.21. The third-order valence-electron chi connectivity index (χ3n) is 4.55. The zero-order valence-corrected chi connectivity index (χ0v) is 14.2. The van der Waals surface area contributed by atoms with E-state index in [0.29, 0.717) is 18.8 Å². The maximum absolute atomic E-state index is 12.4. The summed E-state index contributed by atoms with van der Waals surface area (Å²) in [6.45, 7) is 3.49. The van der Waals surface area contributed by atoms with E-state index in [0.717, 1.165) is 25.1 Å². The van der Waals surface area contributed by atoms with Crippen molar-refractivity contribution in [3.63, 3.8) is 0 Å². The number of benzene rings is 1. The lowest BCUT2D eigenvalue weighted by Crippen LogP contribution is -2.46. The topological polar surface area (TPSA) is 59.1 Å². The minimum absolute atomic E-state index is 0.0231. The summed E-state index contributed by atoms with van der Waals surface area (Å²) in [5.74, 6) is 0.600. The number of hydrogen-bond acceptors (Lipinski definition) is 4. The molecule has 1 saturated heterocycles. The molecule has 2 heterocycles. The van der Waals surface area contributed by atoms with Gasteiger partial charge in [-0.3, -0.25) is 9.59 Å². The first-order chi connectivity index (χ1) is 11.6. The summed E-state index contributed by atoms with van der Waals surface area (Å²) < 4.78 is 11.2. The number of rotatable bonds is 5. The van der Waals surface area contributed by atoms with Crippen LogP contribution in [0.2, 0.25) is 0 Å². The Labute approximate surface area is 142 Å². The molecule has 0 saturated carbocycles. The lowest BCUT2D eigenvalue weighted by atomic mass is 10.1. The Morgan fingerprint density at radius 1 is 1.38 bits per heavy atom. The van der Waals surface area contributed by atoms with Crippen LogP contribution in [-0.2, 0) is 14.3 Å². The van der Waals surface area contributed by atoms with Crippen molar-refractivity contribution in [1.29, 1.82) is 0 Å². The molecule has 2 aliphatic rings. The quantitative estimate of drug-likeness (QED) is 0.825. The van der Waals surface area contributed by atoms with Crippen LogP contribution in [0, 0.1) is 0 Å². The number of carbonyl (C=O) groups excluding carboxylic acids is 2.